The van der Waals surface area contributed by atoms with Gasteiger partial charge in [0.15, 0.2) is 0 Å². The molecule has 5 heteroatoms. The summed E-state index contributed by atoms with van der Waals surface area (Å²) in [4.78, 5) is 6.70. The van der Waals surface area contributed by atoms with E-state index in [2.05, 4.69) is 9.97 Å². The average molecular weight is 205 g/mol. The number of anilines is 1. The van der Waals surface area contributed by atoms with E-state index in [9.17, 15) is 0 Å². The highest BCUT2D eigenvalue weighted by molar-refractivity contribution is 5.69. The number of rotatable bonds is 2. The molecule has 0 spiro atoms. The Bertz CT molecular complexity index is 479. The van der Waals surface area contributed by atoms with Crippen molar-refractivity contribution < 1.29 is 9.84 Å². The van der Waals surface area contributed by atoms with Crippen LogP contribution < -0.4 is 10.5 Å². The number of nitrogens with zero attached hydrogens (tertiary/aromatic N) is 1. The first kappa shape index (κ1) is 9.39. The Morgan fingerprint density at radius 2 is 2.27 bits per heavy atom. The fourth-order valence-corrected chi connectivity index (χ4v) is 1.36. The second-order valence-corrected chi connectivity index (χ2v) is 3.08. The number of nitrogens with two attached hydrogens (primary N) is 1. The first-order chi connectivity index (χ1) is 7.20. The smallest absolute Gasteiger partial charge is 0.208 e. The van der Waals surface area contributed by atoms with Crippen LogP contribution in [0.2, 0.25) is 0 Å². The maximum atomic E-state index is 9.16. The molecule has 0 aliphatic carbocycles. The minimum absolute atomic E-state index is 0.00878. The lowest BCUT2D eigenvalue weighted by molar-refractivity contribution is 0.416. The third-order valence-corrected chi connectivity index (χ3v) is 2.04. The zero-order chi connectivity index (χ0) is 10.8. The quantitative estimate of drug-likeness (QED) is 0.646. The zero-order valence-electron chi connectivity index (χ0n) is 8.19. The maximum Gasteiger partial charge on any atom is 0.208 e. The number of H-pyrrole nitrogens is 1. The number of hydrogen-bond acceptors (Lipinski definition) is 4. The molecule has 0 saturated heterocycles. The first-order valence-electron chi connectivity index (χ1n) is 4.38. The molecule has 15 heavy (non-hydrogen) atoms. The second kappa shape index (κ2) is 3.53. The largest absolute Gasteiger partial charge is 0.496 e. The molecule has 4 N–H and O–H groups in total. The van der Waals surface area contributed by atoms with Crippen molar-refractivity contribution in [2.45, 2.75) is 0 Å². The SMILES string of the molecule is COc1ccc(N)cc1-c1ncc(O)[nH]1. The Kier molecular flexibility index (Phi) is 2.21. The molecule has 0 aliphatic rings. The number of nitrogen functional groups attached to an aromatic ring is 1. The third kappa shape index (κ3) is 1.71. The van der Waals surface area contributed by atoms with Crippen LogP contribution in [0.3, 0.4) is 0 Å². The Balaban J connectivity index is 2.55. The van der Waals surface area contributed by atoms with Crippen LogP contribution in [0.5, 0.6) is 11.6 Å². The molecule has 5 nitrogen and oxygen atoms in total. The second-order valence-electron chi connectivity index (χ2n) is 3.08. The summed E-state index contributed by atoms with van der Waals surface area (Å²) in [6.07, 6.45) is 1.33. The molecule has 0 bridgehead atoms. The van der Waals surface area contributed by atoms with Crippen LogP contribution in [-0.2, 0) is 0 Å². The summed E-state index contributed by atoms with van der Waals surface area (Å²) in [5.41, 5.74) is 7.00. The van der Waals surface area contributed by atoms with E-state index in [4.69, 9.17) is 15.6 Å². The third-order valence-electron chi connectivity index (χ3n) is 2.04. The summed E-state index contributed by atoms with van der Waals surface area (Å²) in [6, 6.07) is 5.23. The predicted molar refractivity (Wildman–Crippen MR) is 56.7 cm³/mol. The van der Waals surface area contributed by atoms with E-state index < -0.39 is 0 Å². The molecule has 78 valence electrons. The van der Waals surface area contributed by atoms with E-state index in [0.717, 1.165) is 5.56 Å². The molecule has 0 atom stereocenters. The number of imidazole rings is 1. The molecule has 0 fully saturated rings. The minimum Gasteiger partial charge on any atom is -0.496 e. The average Bonchev–Trinajstić information content (AvgIpc) is 2.65. The number of aromatic hydroxyl groups is 1. The number of methoxy groups -OCH3 is 1. The lowest BCUT2D eigenvalue weighted by Crippen LogP contribution is -1.92. The summed E-state index contributed by atoms with van der Waals surface area (Å²) in [5, 5.41) is 9.16. The lowest BCUT2D eigenvalue weighted by atomic mass is 10.1. The fourth-order valence-electron chi connectivity index (χ4n) is 1.36. The van der Waals surface area contributed by atoms with Gasteiger partial charge in [0.25, 0.3) is 0 Å². The topological polar surface area (TPSA) is 84.2 Å². The van der Waals surface area contributed by atoms with E-state index >= 15 is 0 Å². The van der Waals surface area contributed by atoms with Crippen molar-refractivity contribution in [2.24, 2.45) is 0 Å². The van der Waals surface area contributed by atoms with Gasteiger partial charge in [0, 0.05) is 5.69 Å². The van der Waals surface area contributed by atoms with E-state index in [0.29, 0.717) is 17.3 Å². The number of aromatic amines is 1. The number of nitrogens with one attached hydrogen (secondary N) is 1. The number of ether oxygens (including phenoxy) is 1. The van der Waals surface area contributed by atoms with E-state index in [1.54, 1.807) is 25.3 Å². The molecule has 2 aromatic rings. The molecule has 0 amide bonds. The molecule has 0 aliphatic heterocycles. The van der Waals surface area contributed by atoms with Gasteiger partial charge in [-0.1, -0.05) is 0 Å². The van der Waals surface area contributed by atoms with Gasteiger partial charge in [0.05, 0.1) is 18.9 Å². The summed E-state index contributed by atoms with van der Waals surface area (Å²) < 4.78 is 5.17. The van der Waals surface area contributed by atoms with Gasteiger partial charge >= 0.3 is 0 Å². The van der Waals surface area contributed by atoms with Crippen LogP contribution in [0.15, 0.2) is 24.4 Å². The Labute approximate surface area is 86.5 Å². The van der Waals surface area contributed by atoms with Gasteiger partial charge in [0.1, 0.15) is 11.6 Å². The van der Waals surface area contributed by atoms with E-state index in [1.165, 1.54) is 6.20 Å². The van der Waals surface area contributed by atoms with Gasteiger partial charge in [-0.2, -0.15) is 0 Å². The zero-order valence-corrected chi connectivity index (χ0v) is 8.19. The van der Waals surface area contributed by atoms with Crippen molar-refractivity contribution in [3.8, 4) is 23.0 Å². The van der Waals surface area contributed by atoms with Crippen LogP contribution in [0, 0.1) is 0 Å². The highest BCUT2D eigenvalue weighted by Gasteiger charge is 2.09. The lowest BCUT2D eigenvalue weighted by Gasteiger charge is -2.06. The van der Waals surface area contributed by atoms with Crippen LogP contribution in [0.1, 0.15) is 0 Å². The van der Waals surface area contributed by atoms with Gasteiger partial charge in [-0.3, -0.25) is 0 Å². The van der Waals surface area contributed by atoms with E-state index in [1.807, 2.05) is 0 Å². The minimum atomic E-state index is 0.00878. The van der Waals surface area contributed by atoms with Crippen LogP contribution in [0.4, 0.5) is 5.69 Å². The molecule has 1 aromatic heterocycles. The van der Waals surface area contributed by atoms with Gasteiger partial charge in [0.2, 0.25) is 5.88 Å². The fraction of sp³-hybridized carbons (Fsp3) is 0.100. The maximum absolute atomic E-state index is 9.16. The number of aromatic nitrogens is 2. The van der Waals surface area contributed by atoms with Crippen molar-refractivity contribution >= 4 is 5.69 Å². The van der Waals surface area contributed by atoms with E-state index in [-0.39, 0.29) is 5.88 Å². The van der Waals surface area contributed by atoms with Crippen molar-refractivity contribution in [3.63, 3.8) is 0 Å². The highest BCUT2D eigenvalue weighted by Crippen LogP contribution is 2.30. The summed E-state index contributed by atoms with van der Waals surface area (Å²) in [6.45, 7) is 0. The van der Waals surface area contributed by atoms with Crippen LogP contribution in [-0.4, -0.2) is 22.2 Å². The molecule has 1 heterocycles. The van der Waals surface area contributed by atoms with Crippen molar-refractivity contribution in [1.82, 2.24) is 9.97 Å². The van der Waals surface area contributed by atoms with Crippen LogP contribution >= 0.6 is 0 Å². The van der Waals surface area contributed by atoms with Gasteiger partial charge in [-0.25, -0.2) is 4.98 Å². The highest BCUT2D eigenvalue weighted by atomic mass is 16.5. The molecule has 1 aromatic carbocycles. The summed E-state index contributed by atoms with van der Waals surface area (Å²) in [5.74, 6) is 1.18. The monoisotopic (exact) mass is 205 g/mol. The molecule has 0 radical (unpaired) electrons. The Morgan fingerprint density at radius 3 is 2.87 bits per heavy atom. The van der Waals surface area contributed by atoms with Gasteiger partial charge < -0.3 is 20.6 Å². The van der Waals surface area contributed by atoms with Crippen LogP contribution in [0.25, 0.3) is 11.4 Å². The Hall–Kier alpha value is -2.17. The Morgan fingerprint density at radius 1 is 1.47 bits per heavy atom. The molecular weight excluding hydrogens is 194 g/mol. The summed E-state index contributed by atoms with van der Waals surface area (Å²) >= 11 is 0. The normalized spacial score (nSPS) is 10.2. The number of benzene rings is 1. The van der Waals surface area contributed by atoms with Crippen molar-refractivity contribution in [2.75, 3.05) is 12.8 Å². The molecule has 0 unspecified atom stereocenters. The molecular formula is C10H11N3O2. The molecule has 2 rings (SSSR count). The standard InChI is InChI=1S/C10H11N3O2/c1-15-8-3-2-6(11)4-7(8)10-12-5-9(14)13-10/h2-5,14H,11H2,1H3,(H,12,13). The predicted octanol–water partition coefficient (Wildman–Crippen LogP) is 1.37. The first-order valence-corrected chi connectivity index (χ1v) is 4.38. The molecule has 0 saturated carbocycles. The van der Waals surface area contributed by atoms with Crippen molar-refractivity contribution in [1.29, 1.82) is 0 Å². The van der Waals surface area contributed by atoms with Gasteiger partial charge in [-0.15, -0.1) is 0 Å². The summed E-state index contributed by atoms with van der Waals surface area (Å²) in [7, 11) is 1.57. The number of hydrogen-bond donors (Lipinski definition) is 3. The van der Waals surface area contributed by atoms with Gasteiger partial charge in [-0.05, 0) is 18.2 Å². The van der Waals surface area contributed by atoms with Crippen molar-refractivity contribution in [3.05, 3.63) is 24.4 Å².